The molecule has 13 nitrogen and oxygen atoms in total. The largest absolute Gasteiger partial charge is 0.491 e. The molecule has 0 amide bonds. The summed E-state index contributed by atoms with van der Waals surface area (Å²) in [6, 6.07) is 28.8. The average molecular weight is 1180 g/mol. The van der Waals surface area contributed by atoms with Crippen LogP contribution in [0.15, 0.2) is 119 Å². The number of aliphatic hydroxyl groups is 1. The van der Waals surface area contributed by atoms with E-state index in [1.54, 1.807) is 30.7 Å². The van der Waals surface area contributed by atoms with Gasteiger partial charge in [0.25, 0.3) is 0 Å². The zero-order valence-corrected chi connectivity index (χ0v) is 44.3. The Balaban J connectivity index is 0.000000169. The summed E-state index contributed by atoms with van der Waals surface area (Å²) in [6.45, 7) is 9.88. The normalized spacial score (nSPS) is 13.3. The fourth-order valence-electron chi connectivity index (χ4n) is 7.78. The number of ether oxygens (including phenoxy) is 2. The maximum atomic E-state index is 13.9. The highest BCUT2D eigenvalue weighted by Gasteiger charge is 2.32. The molecule has 0 bridgehead atoms. The molecule has 19 heteroatoms. The van der Waals surface area contributed by atoms with Gasteiger partial charge >= 0.3 is 7.12 Å². The molecule has 0 aliphatic carbocycles. The fraction of sp³-hybridized carbons (Fsp3) is 0.280. The summed E-state index contributed by atoms with van der Waals surface area (Å²) in [4.78, 5) is 0. The summed E-state index contributed by atoms with van der Waals surface area (Å²) < 4.78 is 53.9. The van der Waals surface area contributed by atoms with E-state index < -0.39 is 19.0 Å². The highest BCUT2D eigenvalue weighted by atomic mass is 127. The summed E-state index contributed by atoms with van der Waals surface area (Å²) in [7, 11) is 2.88. The molecule has 0 unspecified atom stereocenters. The van der Waals surface area contributed by atoms with Gasteiger partial charge < -0.3 is 24.3 Å². The van der Waals surface area contributed by atoms with Crippen LogP contribution in [0.4, 0.5) is 8.78 Å². The maximum Gasteiger partial charge on any atom is 0.491 e. The summed E-state index contributed by atoms with van der Waals surface area (Å²) in [6.07, 6.45) is 4.16. The van der Waals surface area contributed by atoms with E-state index in [0.717, 1.165) is 59.3 Å². The van der Waals surface area contributed by atoms with Crippen molar-refractivity contribution in [2.24, 2.45) is 14.1 Å². The van der Waals surface area contributed by atoms with Crippen LogP contribution in [-0.4, -0.2) is 56.4 Å². The van der Waals surface area contributed by atoms with Gasteiger partial charge in [0.2, 0.25) is 11.8 Å². The van der Waals surface area contributed by atoms with Crippen LogP contribution < -0.4 is 14.9 Å². The molecule has 69 heavy (non-hydrogen) atoms. The van der Waals surface area contributed by atoms with Gasteiger partial charge in [0.1, 0.15) is 37.8 Å². The molecular weight excluding hydrogens is 1130 g/mol. The van der Waals surface area contributed by atoms with Crippen LogP contribution in [-0.2, 0) is 57.9 Å². The molecule has 360 valence electrons. The lowest BCUT2D eigenvalue weighted by atomic mass is 9.79. The molecule has 4 aromatic carbocycles. The Kier molecular flexibility index (Phi) is 17.7. The minimum atomic E-state index is -0.893. The SMILES string of the molecule is CCn1nc(OCc2ccccc2)c(Cc2cn(C)nc2-c2ccc(F)cc2[C@@H](C)O)c1Br.CCn1nc(OCc2ccccc2)c(Cc2cn(C)nc2I)c1Br.C[C@H]1OB(O)c2ccc(F)cc21. The van der Waals surface area contributed by atoms with E-state index in [1.165, 1.54) is 29.8 Å². The molecule has 0 saturated heterocycles. The van der Waals surface area contributed by atoms with Gasteiger partial charge in [0.15, 0.2) is 0 Å². The number of aryl methyl sites for hydroxylation is 4. The van der Waals surface area contributed by atoms with Gasteiger partial charge in [-0.1, -0.05) is 66.7 Å². The summed E-state index contributed by atoms with van der Waals surface area (Å²) in [5.41, 5.74) is 9.53. The fourth-order valence-corrected chi connectivity index (χ4v) is 9.73. The first-order valence-electron chi connectivity index (χ1n) is 22.3. The Morgan fingerprint density at radius 1 is 0.739 bits per heavy atom. The number of aromatic nitrogens is 8. The van der Waals surface area contributed by atoms with Crippen molar-refractivity contribution in [2.75, 3.05) is 0 Å². The van der Waals surface area contributed by atoms with Crippen LogP contribution >= 0.6 is 54.5 Å². The van der Waals surface area contributed by atoms with E-state index in [9.17, 15) is 18.9 Å². The van der Waals surface area contributed by atoms with Crippen molar-refractivity contribution >= 4 is 67.0 Å². The quantitative estimate of drug-likeness (QED) is 0.0805. The number of rotatable bonds is 14. The van der Waals surface area contributed by atoms with Crippen molar-refractivity contribution in [3.8, 4) is 23.0 Å². The van der Waals surface area contributed by atoms with Crippen molar-refractivity contribution in [1.82, 2.24) is 39.1 Å². The molecular formula is C50H52BBr2F2IN8O5. The second-order valence-electron chi connectivity index (χ2n) is 16.3. The van der Waals surface area contributed by atoms with Gasteiger partial charge in [-0.25, -0.2) is 8.78 Å². The minimum absolute atomic E-state index is 0.217. The van der Waals surface area contributed by atoms with E-state index in [0.29, 0.717) is 60.2 Å². The topological polar surface area (TPSA) is 139 Å². The lowest BCUT2D eigenvalue weighted by molar-refractivity contribution is 0.199. The average Bonchev–Trinajstić information content (AvgIpc) is 4.12. The molecule has 1 aliphatic rings. The van der Waals surface area contributed by atoms with Crippen LogP contribution in [0.5, 0.6) is 11.8 Å². The number of hydrogen-bond acceptors (Lipinski definition) is 9. The van der Waals surface area contributed by atoms with Crippen LogP contribution in [0.3, 0.4) is 0 Å². The Morgan fingerprint density at radius 3 is 1.77 bits per heavy atom. The summed E-state index contributed by atoms with van der Waals surface area (Å²) in [5, 5.41) is 37.8. The second kappa shape index (κ2) is 23.6. The lowest BCUT2D eigenvalue weighted by Crippen LogP contribution is -2.27. The number of benzene rings is 4. The predicted octanol–water partition coefficient (Wildman–Crippen LogP) is 10.2. The van der Waals surface area contributed by atoms with E-state index >= 15 is 0 Å². The Hall–Kier alpha value is -5.19. The first kappa shape index (κ1) is 51.7. The van der Waals surface area contributed by atoms with Gasteiger partial charge in [-0.2, -0.15) is 10.2 Å². The second-order valence-corrected chi connectivity index (χ2v) is 18.8. The predicted molar refractivity (Wildman–Crippen MR) is 277 cm³/mol. The summed E-state index contributed by atoms with van der Waals surface area (Å²) in [5.74, 6) is 0.540. The third-order valence-corrected chi connectivity index (χ3v) is 13.9. The molecule has 8 aromatic rings. The molecule has 0 spiro atoms. The van der Waals surface area contributed by atoms with Crippen molar-refractivity contribution in [3.63, 3.8) is 0 Å². The molecule has 5 heterocycles. The molecule has 4 aromatic heterocycles. The van der Waals surface area contributed by atoms with E-state index in [2.05, 4.69) is 93.9 Å². The van der Waals surface area contributed by atoms with E-state index in [4.69, 9.17) is 14.1 Å². The van der Waals surface area contributed by atoms with Crippen LogP contribution in [0.1, 0.15) is 84.4 Å². The standard InChI is InChI=1S/C25H26BrFN4O2.C17H18BrIN4O.C8H8BFO2/c1-4-31-24(26)22(25(29-31)33-15-17-8-6-5-7-9-17)12-18-14-30(3)28-23(18)20-11-10-19(27)13-21(20)16(2)32;1-3-23-15(18)14(9-13-10-22(2)20-16(13)19)17(21-23)24-11-12-7-5-4-6-8-12;1-5-7-4-6(10)2-3-8(7)9(11)12-5/h5-11,13-14,16,32H,4,12,15H2,1-3H3;4-8,10H,3,9,11H2,1-2H3;2-5,11H,1H3/t16-;;5-/m1.1/s1. The zero-order chi connectivity index (χ0) is 49.4. The van der Waals surface area contributed by atoms with Gasteiger partial charge in [0.05, 0.1) is 29.0 Å². The third kappa shape index (κ3) is 12.8. The monoisotopic (exact) mass is 1180 g/mol. The first-order chi connectivity index (χ1) is 33.1. The van der Waals surface area contributed by atoms with Crippen LogP contribution in [0.2, 0.25) is 0 Å². The van der Waals surface area contributed by atoms with Gasteiger partial charge in [-0.05, 0) is 140 Å². The maximum absolute atomic E-state index is 13.9. The molecule has 0 fully saturated rings. The van der Waals surface area contributed by atoms with Crippen molar-refractivity contribution in [1.29, 1.82) is 0 Å². The molecule has 9 rings (SSSR count). The molecule has 0 radical (unpaired) electrons. The summed E-state index contributed by atoms with van der Waals surface area (Å²) >= 11 is 9.62. The lowest BCUT2D eigenvalue weighted by Gasteiger charge is -2.12. The zero-order valence-electron chi connectivity index (χ0n) is 39.0. The number of nitrogens with zero attached hydrogens (tertiary/aromatic N) is 8. The number of hydrogen-bond donors (Lipinski definition) is 2. The highest BCUT2D eigenvalue weighted by molar-refractivity contribution is 14.1. The molecule has 1 aliphatic heterocycles. The number of aliphatic hydroxyl groups excluding tert-OH is 1. The van der Waals surface area contributed by atoms with Gasteiger partial charge in [-0.3, -0.25) is 18.7 Å². The van der Waals surface area contributed by atoms with E-state index in [-0.39, 0.29) is 11.9 Å². The van der Waals surface area contributed by atoms with Crippen LogP contribution in [0.25, 0.3) is 11.3 Å². The van der Waals surface area contributed by atoms with Crippen LogP contribution in [0, 0.1) is 15.3 Å². The van der Waals surface area contributed by atoms with Crippen molar-refractivity contribution in [2.45, 2.75) is 79.0 Å². The number of halogens is 5. The Morgan fingerprint density at radius 2 is 1.25 bits per heavy atom. The van der Waals surface area contributed by atoms with Gasteiger partial charge in [0, 0.05) is 69.1 Å². The first-order valence-corrected chi connectivity index (χ1v) is 24.9. The molecule has 0 saturated carbocycles. The van der Waals surface area contributed by atoms with Crippen molar-refractivity contribution < 1.29 is 33.0 Å². The smallest absolute Gasteiger partial charge is 0.472 e. The van der Waals surface area contributed by atoms with E-state index in [1.807, 2.05) is 96.0 Å². The highest BCUT2D eigenvalue weighted by Crippen LogP contribution is 2.36. The number of fused-ring (bicyclic) bond motifs is 1. The van der Waals surface area contributed by atoms with Crippen molar-refractivity contribution in [3.05, 3.63) is 179 Å². The third-order valence-electron chi connectivity index (χ3n) is 11.2. The Labute approximate surface area is 431 Å². The molecule has 2 atom stereocenters. The minimum Gasteiger partial charge on any atom is -0.472 e. The molecule has 2 N–H and O–H groups in total. The Bertz CT molecular complexity index is 2990. The van der Waals surface area contributed by atoms with Gasteiger partial charge in [-0.15, -0.1) is 10.2 Å².